The van der Waals surface area contributed by atoms with E-state index in [0.717, 1.165) is 22.7 Å². The van der Waals surface area contributed by atoms with Gasteiger partial charge in [0, 0.05) is 22.7 Å². The Morgan fingerprint density at radius 3 is 2.62 bits per heavy atom. The molecule has 3 rings (SSSR count). The highest BCUT2D eigenvalue weighted by molar-refractivity contribution is 6.31. The molecule has 1 fully saturated rings. The maximum atomic E-state index is 11.8. The van der Waals surface area contributed by atoms with E-state index in [1.54, 1.807) is 0 Å². The molecule has 2 aliphatic rings. The van der Waals surface area contributed by atoms with Crippen molar-refractivity contribution < 1.29 is 4.79 Å². The molecule has 77 valence electrons. The van der Waals surface area contributed by atoms with E-state index in [1.165, 1.54) is 0 Å². The van der Waals surface area contributed by atoms with Crippen LogP contribution in [-0.4, -0.2) is 5.91 Å². The number of anilines is 1. The standard InChI is InChI=1S/C14H10NO/c16-14-12(9-10-5-1-2-6-10)11-7-3-4-8-13(11)15-14/h1-9H,(H,15,16)/b12-9-. The van der Waals surface area contributed by atoms with Crippen LogP contribution in [0.1, 0.15) is 5.56 Å². The lowest BCUT2D eigenvalue weighted by atomic mass is 10.00. The number of rotatable bonds is 1. The molecule has 1 aromatic rings. The number of amides is 1. The Hall–Kier alpha value is -1.57. The van der Waals surface area contributed by atoms with Gasteiger partial charge in [0.25, 0.3) is 5.91 Å². The lowest BCUT2D eigenvalue weighted by molar-refractivity contribution is -0.110. The zero-order valence-corrected chi connectivity index (χ0v) is 8.60. The van der Waals surface area contributed by atoms with Crippen molar-refractivity contribution in [2.75, 3.05) is 5.32 Å². The van der Waals surface area contributed by atoms with Crippen LogP contribution in [0.3, 0.4) is 0 Å². The van der Waals surface area contributed by atoms with Crippen molar-refractivity contribution in [2.45, 2.75) is 0 Å². The van der Waals surface area contributed by atoms with Crippen molar-refractivity contribution >= 4 is 17.2 Å². The van der Waals surface area contributed by atoms with Crippen molar-refractivity contribution in [3.63, 3.8) is 0 Å². The van der Waals surface area contributed by atoms with Crippen LogP contribution < -0.4 is 5.32 Å². The molecule has 1 amide bonds. The van der Waals surface area contributed by atoms with Crippen LogP contribution >= 0.6 is 0 Å². The predicted molar refractivity (Wildman–Crippen MR) is 63.5 cm³/mol. The van der Waals surface area contributed by atoms with Gasteiger partial charge in [0.1, 0.15) is 0 Å². The maximum Gasteiger partial charge on any atom is 0.256 e. The van der Waals surface area contributed by atoms with E-state index in [4.69, 9.17) is 0 Å². The Balaban J connectivity index is 1.98. The van der Waals surface area contributed by atoms with Crippen molar-refractivity contribution in [1.82, 2.24) is 0 Å². The minimum Gasteiger partial charge on any atom is -0.321 e. The topological polar surface area (TPSA) is 29.1 Å². The fourth-order valence-corrected chi connectivity index (χ4v) is 1.93. The number of carbonyl (C=O) groups is 1. The summed E-state index contributed by atoms with van der Waals surface area (Å²) >= 11 is 0. The van der Waals surface area contributed by atoms with Gasteiger partial charge in [-0.05, 0) is 31.7 Å². The SMILES string of the molecule is O=C1Nc2ccccc2/C1=C/[C]1[CH][CH][CH][CH]1. The molecule has 1 aliphatic heterocycles. The molecule has 0 bridgehead atoms. The first-order valence-corrected chi connectivity index (χ1v) is 5.19. The lowest BCUT2D eigenvalue weighted by Crippen LogP contribution is -2.04. The maximum absolute atomic E-state index is 11.8. The Bertz CT molecular complexity index is 456. The Morgan fingerprint density at radius 2 is 1.81 bits per heavy atom. The number of hydrogen-bond donors (Lipinski definition) is 1. The average Bonchev–Trinajstić information content (AvgIpc) is 2.89. The number of hydrogen-bond acceptors (Lipinski definition) is 1. The van der Waals surface area contributed by atoms with Crippen LogP contribution in [0.25, 0.3) is 5.57 Å². The van der Waals surface area contributed by atoms with E-state index in [1.807, 2.05) is 56.0 Å². The molecule has 0 unspecified atom stereocenters. The number of allylic oxidation sites excluding steroid dienone is 1. The summed E-state index contributed by atoms with van der Waals surface area (Å²) in [6, 6.07) is 7.74. The number of nitrogens with one attached hydrogen (secondary N) is 1. The van der Waals surface area contributed by atoms with Crippen LogP contribution in [0.15, 0.2) is 30.3 Å². The van der Waals surface area contributed by atoms with Gasteiger partial charge in [0.2, 0.25) is 0 Å². The third-order valence-electron chi connectivity index (χ3n) is 2.71. The molecule has 1 saturated carbocycles. The van der Waals surface area contributed by atoms with Gasteiger partial charge in [-0.25, -0.2) is 0 Å². The van der Waals surface area contributed by atoms with Gasteiger partial charge in [-0.15, -0.1) is 0 Å². The summed E-state index contributed by atoms with van der Waals surface area (Å²) in [7, 11) is 0. The van der Waals surface area contributed by atoms with E-state index in [0.29, 0.717) is 0 Å². The molecule has 16 heavy (non-hydrogen) atoms. The minimum absolute atomic E-state index is 0.0256. The number of fused-ring (bicyclic) bond motifs is 1. The number of carbonyl (C=O) groups excluding carboxylic acids is 1. The first kappa shape index (κ1) is 9.64. The molecule has 0 saturated heterocycles. The number of para-hydroxylation sites is 1. The normalized spacial score (nSPS) is 22.5. The van der Waals surface area contributed by atoms with E-state index in [2.05, 4.69) is 5.32 Å². The van der Waals surface area contributed by atoms with Gasteiger partial charge in [-0.1, -0.05) is 24.3 Å². The number of benzene rings is 1. The second kappa shape index (κ2) is 3.78. The largest absolute Gasteiger partial charge is 0.321 e. The van der Waals surface area contributed by atoms with Crippen molar-refractivity contribution in [3.05, 3.63) is 67.5 Å². The van der Waals surface area contributed by atoms with Crippen molar-refractivity contribution in [3.8, 4) is 0 Å². The third-order valence-corrected chi connectivity index (χ3v) is 2.71. The molecule has 1 N–H and O–H groups in total. The van der Waals surface area contributed by atoms with Gasteiger partial charge < -0.3 is 5.32 Å². The quantitative estimate of drug-likeness (QED) is 0.705. The van der Waals surface area contributed by atoms with Gasteiger partial charge in [-0.3, -0.25) is 4.79 Å². The minimum atomic E-state index is -0.0256. The van der Waals surface area contributed by atoms with Crippen molar-refractivity contribution in [2.24, 2.45) is 0 Å². The Kier molecular flexibility index (Phi) is 2.28. The molecule has 5 radical (unpaired) electrons. The molecule has 0 spiro atoms. The van der Waals surface area contributed by atoms with Crippen LogP contribution in [-0.2, 0) is 4.79 Å². The summed E-state index contributed by atoms with van der Waals surface area (Å²) in [5.74, 6) is 1.03. The van der Waals surface area contributed by atoms with E-state index in [-0.39, 0.29) is 5.91 Å². The van der Waals surface area contributed by atoms with Crippen LogP contribution in [0.2, 0.25) is 0 Å². The summed E-state index contributed by atoms with van der Waals surface area (Å²) in [6.45, 7) is 0. The summed E-state index contributed by atoms with van der Waals surface area (Å²) < 4.78 is 0. The fraction of sp³-hybridized carbons (Fsp3) is 0. The lowest BCUT2D eigenvalue weighted by Gasteiger charge is -2.02. The van der Waals surface area contributed by atoms with Crippen LogP contribution in [0.4, 0.5) is 5.69 Å². The monoisotopic (exact) mass is 208 g/mol. The van der Waals surface area contributed by atoms with E-state index < -0.39 is 0 Å². The zero-order valence-electron chi connectivity index (χ0n) is 8.60. The van der Waals surface area contributed by atoms with Gasteiger partial charge in [-0.2, -0.15) is 0 Å². The zero-order chi connectivity index (χ0) is 11.0. The molecule has 2 nitrogen and oxygen atoms in total. The molecule has 2 heteroatoms. The summed E-state index contributed by atoms with van der Waals surface area (Å²) in [6.07, 6.45) is 9.82. The molecular weight excluding hydrogens is 198 g/mol. The predicted octanol–water partition coefficient (Wildman–Crippen LogP) is 2.43. The van der Waals surface area contributed by atoms with Gasteiger partial charge in [0.05, 0.1) is 0 Å². The van der Waals surface area contributed by atoms with Crippen molar-refractivity contribution in [1.29, 1.82) is 0 Å². The smallest absolute Gasteiger partial charge is 0.256 e. The summed E-state index contributed by atoms with van der Waals surface area (Å²) in [5, 5.41) is 2.85. The second-order valence-corrected chi connectivity index (χ2v) is 3.78. The fourth-order valence-electron chi connectivity index (χ4n) is 1.93. The molecule has 0 atom stereocenters. The molecule has 1 aliphatic carbocycles. The van der Waals surface area contributed by atoms with Gasteiger partial charge >= 0.3 is 0 Å². The Labute approximate surface area is 95.4 Å². The first-order chi connectivity index (χ1) is 7.84. The van der Waals surface area contributed by atoms with Crippen LogP contribution in [0.5, 0.6) is 0 Å². The third kappa shape index (κ3) is 1.54. The van der Waals surface area contributed by atoms with E-state index in [9.17, 15) is 4.79 Å². The van der Waals surface area contributed by atoms with Gasteiger partial charge in [0.15, 0.2) is 0 Å². The summed E-state index contributed by atoms with van der Waals surface area (Å²) in [4.78, 5) is 11.8. The Morgan fingerprint density at radius 1 is 1.06 bits per heavy atom. The highest BCUT2D eigenvalue weighted by Crippen LogP contribution is 2.35. The molecule has 0 aromatic heterocycles. The molecule has 1 aromatic carbocycles. The second-order valence-electron chi connectivity index (χ2n) is 3.78. The van der Waals surface area contributed by atoms with Crippen LogP contribution in [0, 0.1) is 31.6 Å². The molecular formula is C14H10NO. The van der Waals surface area contributed by atoms with E-state index >= 15 is 0 Å². The average molecular weight is 208 g/mol. The first-order valence-electron chi connectivity index (χ1n) is 5.19. The summed E-state index contributed by atoms with van der Waals surface area (Å²) in [5.41, 5.74) is 2.61. The highest BCUT2D eigenvalue weighted by Gasteiger charge is 2.25. The molecule has 1 heterocycles. The highest BCUT2D eigenvalue weighted by atomic mass is 16.2.